The van der Waals surface area contributed by atoms with Gasteiger partial charge in [-0.05, 0) is 12.8 Å². The van der Waals surface area contributed by atoms with Crippen molar-refractivity contribution in [3.63, 3.8) is 0 Å². The number of carbonyl (C=O) groups excluding carboxylic acids is 1. The van der Waals surface area contributed by atoms with E-state index in [1.54, 1.807) is 7.11 Å². The minimum Gasteiger partial charge on any atom is -0.366 e. The molecule has 3 unspecified atom stereocenters. The lowest BCUT2D eigenvalue weighted by Gasteiger charge is -2.36. The summed E-state index contributed by atoms with van der Waals surface area (Å²) >= 11 is 5.97. The van der Waals surface area contributed by atoms with Gasteiger partial charge in [0.2, 0.25) is 0 Å². The minimum absolute atomic E-state index is 0.0787. The highest BCUT2D eigenvalue weighted by atomic mass is 35.5. The largest absolute Gasteiger partial charge is 0.366 e. The van der Waals surface area contributed by atoms with Crippen LogP contribution in [0.2, 0.25) is 0 Å². The molecule has 1 fully saturated rings. The number of carbonyl (C=O) groups is 1. The number of halogens is 1. The molecule has 4 heteroatoms. The van der Waals surface area contributed by atoms with E-state index in [0.717, 1.165) is 12.8 Å². The molecule has 3 nitrogen and oxygen atoms in total. The van der Waals surface area contributed by atoms with Crippen molar-refractivity contribution < 1.29 is 9.53 Å². The summed E-state index contributed by atoms with van der Waals surface area (Å²) in [5.74, 6) is 0.162. The second kappa shape index (κ2) is 4.81. The summed E-state index contributed by atoms with van der Waals surface area (Å²) in [6.45, 7) is 5.82. The highest BCUT2D eigenvalue weighted by Gasteiger charge is 2.38. The van der Waals surface area contributed by atoms with E-state index < -0.39 is 0 Å². The number of alkyl halides is 1. The summed E-state index contributed by atoms with van der Waals surface area (Å²) in [5.41, 5.74) is -0.401. The van der Waals surface area contributed by atoms with E-state index in [4.69, 9.17) is 16.3 Å². The molecule has 0 aromatic carbocycles. The van der Waals surface area contributed by atoms with E-state index >= 15 is 0 Å². The van der Waals surface area contributed by atoms with Crippen LogP contribution in [0.3, 0.4) is 0 Å². The van der Waals surface area contributed by atoms with Crippen molar-refractivity contribution in [2.45, 2.75) is 45.3 Å². The number of nitrogens with one attached hydrogen (secondary N) is 1. The number of hydrogen-bond acceptors (Lipinski definition) is 3. The van der Waals surface area contributed by atoms with Gasteiger partial charge in [-0.2, -0.15) is 0 Å². The van der Waals surface area contributed by atoms with Gasteiger partial charge in [0.15, 0.2) is 0 Å². The van der Waals surface area contributed by atoms with E-state index in [0.29, 0.717) is 0 Å². The lowest BCUT2D eigenvalue weighted by molar-refractivity contribution is -0.138. The molecule has 1 N–H and O–H groups in total. The van der Waals surface area contributed by atoms with Crippen LogP contribution in [-0.4, -0.2) is 24.6 Å². The fourth-order valence-electron chi connectivity index (χ4n) is 1.91. The second-order valence-corrected chi connectivity index (χ2v) is 5.62. The van der Waals surface area contributed by atoms with Gasteiger partial charge in [0.05, 0.1) is 11.4 Å². The first-order valence-corrected chi connectivity index (χ1v) is 5.77. The Morgan fingerprint density at radius 2 is 2.00 bits per heavy atom. The van der Waals surface area contributed by atoms with Crippen LogP contribution < -0.4 is 5.32 Å². The monoisotopic (exact) mass is 233 g/mol. The molecule has 1 saturated heterocycles. The smallest absolute Gasteiger partial charge is 0.145 e. The molecule has 0 aromatic heterocycles. The standard InChI is InChI=1S/C11H20ClNO2/c1-11(2,3)9(14)7-5-6-8(12)13-10(7)15-4/h7-8,10,13H,5-6H2,1-4H3. The lowest BCUT2D eigenvalue weighted by atomic mass is 9.79. The number of ether oxygens (including phenoxy) is 1. The second-order valence-electron chi connectivity index (χ2n) is 5.09. The summed E-state index contributed by atoms with van der Waals surface area (Å²) in [7, 11) is 1.61. The zero-order valence-electron chi connectivity index (χ0n) is 9.84. The Morgan fingerprint density at radius 3 is 2.47 bits per heavy atom. The molecule has 1 aliphatic heterocycles. The van der Waals surface area contributed by atoms with Crippen molar-refractivity contribution in [3.05, 3.63) is 0 Å². The van der Waals surface area contributed by atoms with Crippen LogP contribution in [0.1, 0.15) is 33.6 Å². The summed E-state index contributed by atoms with van der Waals surface area (Å²) < 4.78 is 5.27. The minimum atomic E-state index is -0.317. The van der Waals surface area contributed by atoms with Crippen molar-refractivity contribution in [2.75, 3.05) is 7.11 Å². The Bertz CT molecular complexity index is 237. The zero-order valence-corrected chi connectivity index (χ0v) is 10.6. The summed E-state index contributed by atoms with van der Waals surface area (Å²) in [6, 6.07) is 0. The molecule has 1 aliphatic rings. The predicted molar refractivity (Wildman–Crippen MR) is 60.8 cm³/mol. The van der Waals surface area contributed by atoms with Crippen LogP contribution in [0.15, 0.2) is 0 Å². The molecular weight excluding hydrogens is 214 g/mol. The van der Waals surface area contributed by atoms with E-state index in [2.05, 4.69) is 5.32 Å². The maximum Gasteiger partial charge on any atom is 0.145 e. The van der Waals surface area contributed by atoms with Crippen molar-refractivity contribution in [1.29, 1.82) is 0 Å². The number of rotatable bonds is 2. The molecule has 0 spiro atoms. The Labute approximate surface area is 96.5 Å². The number of piperidine rings is 1. The average Bonchev–Trinajstić information content (AvgIpc) is 2.15. The maximum absolute atomic E-state index is 12.1. The Hall–Kier alpha value is -0.120. The fourth-order valence-corrected chi connectivity index (χ4v) is 2.16. The third kappa shape index (κ3) is 3.16. The van der Waals surface area contributed by atoms with Gasteiger partial charge in [-0.15, -0.1) is 11.6 Å². The number of hydrogen-bond donors (Lipinski definition) is 1. The third-order valence-corrected chi connectivity index (χ3v) is 3.12. The quantitative estimate of drug-likeness (QED) is 0.587. The zero-order chi connectivity index (χ0) is 11.6. The number of methoxy groups -OCH3 is 1. The Balaban J connectivity index is 2.72. The van der Waals surface area contributed by atoms with Crippen LogP contribution in [-0.2, 0) is 9.53 Å². The SMILES string of the molecule is COC1NC(Cl)CCC1C(=O)C(C)(C)C. The van der Waals surface area contributed by atoms with Crippen LogP contribution >= 0.6 is 11.6 Å². The molecule has 0 radical (unpaired) electrons. The van der Waals surface area contributed by atoms with Gasteiger partial charge < -0.3 is 4.74 Å². The van der Waals surface area contributed by atoms with Gasteiger partial charge in [-0.1, -0.05) is 20.8 Å². The molecule has 1 heterocycles. The van der Waals surface area contributed by atoms with Crippen LogP contribution in [0.25, 0.3) is 0 Å². The highest BCUT2D eigenvalue weighted by Crippen LogP contribution is 2.30. The van der Waals surface area contributed by atoms with E-state index in [1.165, 1.54) is 0 Å². The van der Waals surface area contributed by atoms with Gasteiger partial charge >= 0.3 is 0 Å². The van der Waals surface area contributed by atoms with Crippen molar-refractivity contribution in [1.82, 2.24) is 5.32 Å². The fraction of sp³-hybridized carbons (Fsp3) is 0.909. The van der Waals surface area contributed by atoms with Gasteiger partial charge in [-0.3, -0.25) is 10.1 Å². The van der Waals surface area contributed by atoms with Crippen LogP contribution in [0, 0.1) is 11.3 Å². The first-order valence-electron chi connectivity index (χ1n) is 5.33. The predicted octanol–water partition coefficient (Wildman–Crippen LogP) is 2.14. The van der Waals surface area contributed by atoms with Gasteiger partial charge in [0.25, 0.3) is 0 Å². The summed E-state index contributed by atoms with van der Waals surface area (Å²) in [5, 5.41) is 3.09. The van der Waals surface area contributed by atoms with Gasteiger partial charge in [0.1, 0.15) is 12.0 Å². The molecular formula is C11H20ClNO2. The van der Waals surface area contributed by atoms with Crippen LogP contribution in [0.5, 0.6) is 0 Å². The molecule has 15 heavy (non-hydrogen) atoms. The topological polar surface area (TPSA) is 38.3 Å². The van der Waals surface area contributed by atoms with E-state index in [1.807, 2.05) is 20.8 Å². The first kappa shape index (κ1) is 12.9. The van der Waals surface area contributed by atoms with Crippen molar-refractivity contribution >= 4 is 17.4 Å². The number of ketones is 1. The number of Topliss-reactive ketones (excluding diaryl/α,β-unsaturated/α-hetero) is 1. The molecule has 0 amide bonds. The van der Waals surface area contributed by atoms with Crippen molar-refractivity contribution in [3.8, 4) is 0 Å². The Kier molecular flexibility index (Phi) is 4.15. The molecule has 0 saturated carbocycles. The molecule has 0 aliphatic carbocycles. The Morgan fingerprint density at radius 1 is 1.40 bits per heavy atom. The van der Waals surface area contributed by atoms with Crippen LogP contribution in [0.4, 0.5) is 0 Å². The molecule has 0 bridgehead atoms. The van der Waals surface area contributed by atoms with E-state index in [-0.39, 0.29) is 28.8 Å². The normalized spacial score (nSPS) is 32.7. The summed E-state index contributed by atoms with van der Waals surface area (Å²) in [6.07, 6.45) is 1.37. The molecule has 3 atom stereocenters. The lowest BCUT2D eigenvalue weighted by Crippen LogP contribution is -2.51. The van der Waals surface area contributed by atoms with Crippen molar-refractivity contribution in [2.24, 2.45) is 11.3 Å². The van der Waals surface area contributed by atoms with Gasteiger partial charge in [0, 0.05) is 12.5 Å². The maximum atomic E-state index is 12.1. The van der Waals surface area contributed by atoms with Gasteiger partial charge in [-0.25, -0.2) is 0 Å². The van der Waals surface area contributed by atoms with E-state index in [9.17, 15) is 4.79 Å². The first-order chi connectivity index (χ1) is 6.86. The molecule has 0 aromatic rings. The summed E-state index contributed by atoms with van der Waals surface area (Å²) in [4.78, 5) is 12.1. The molecule has 88 valence electrons. The third-order valence-electron chi connectivity index (χ3n) is 2.77. The average molecular weight is 234 g/mol. The highest BCUT2D eigenvalue weighted by molar-refractivity contribution is 6.20. The molecule has 1 rings (SSSR count).